The Morgan fingerprint density at radius 2 is 2.05 bits per heavy atom. The minimum absolute atomic E-state index is 0.0511. The van der Waals surface area contributed by atoms with Gasteiger partial charge in [-0.25, -0.2) is 4.98 Å². The van der Waals surface area contributed by atoms with Gasteiger partial charge in [-0.15, -0.1) is 0 Å². The van der Waals surface area contributed by atoms with Crippen LogP contribution in [0, 0.1) is 5.41 Å². The molecule has 1 heterocycles. The van der Waals surface area contributed by atoms with E-state index in [-0.39, 0.29) is 22.8 Å². The molecule has 21 heavy (non-hydrogen) atoms. The summed E-state index contributed by atoms with van der Waals surface area (Å²) in [5, 5.41) is 3.54. The Bertz CT molecular complexity index is 546. The Balaban J connectivity index is 2.22. The van der Waals surface area contributed by atoms with Gasteiger partial charge in [0.25, 0.3) is 5.91 Å². The normalized spacial score (nSPS) is 21.3. The fourth-order valence-corrected chi connectivity index (χ4v) is 3.06. The van der Waals surface area contributed by atoms with Crippen molar-refractivity contribution >= 4 is 17.5 Å². The van der Waals surface area contributed by atoms with E-state index in [4.69, 9.17) is 11.6 Å². The molecular weight excluding hydrogens is 284 g/mol. The summed E-state index contributed by atoms with van der Waals surface area (Å²) >= 11 is 6.08. The molecule has 1 aliphatic rings. The molecule has 0 bridgehead atoms. The highest BCUT2D eigenvalue weighted by atomic mass is 35.5. The number of halogens is 1. The van der Waals surface area contributed by atoms with Crippen molar-refractivity contribution in [2.24, 2.45) is 5.41 Å². The Labute approximate surface area is 132 Å². The third-order valence-electron chi connectivity index (χ3n) is 4.39. The Morgan fingerprint density at radius 3 is 2.57 bits per heavy atom. The summed E-state index contributed by atoms with van der Waals surface area (Å²) in [7, 11) is 0. The standard InChI is InChI=1S/C17H25ClN2O/c1-16(2,3)13-9-11(10-14(18)19-13)15(21)20-12-7-6-8-17(12,4)5/h9-10,12H,6-8H2,1-5H3,(H,20,21). The Morgan fingerprint density at radius 1 is 1.38 bits per heavy atom. The third kappa shape index (κ3) is 3.76. The third-order valence-corrected chi connectivity index (χ3v) is 4.58. The molecule has 2 rings (SSSR count). The zero-order valence-corrected chi connectivity index (χ0v) is 14.3. The average molecular weight is 309 g/mol. The number of amides is 1. The lowest BCUT2D eigenvalue weighted by Gasteiger charge is -2.28. The topological polar surface area (TPSA) is 42.0 Å². The predicted octanol–water partition coefficient (Wildman–Crippen LogP) is 4.34. The lowest BCUT2D eigenvalue weighted by molar-refractivity contribution is 0.0909. The van der Waals surface area contributed by atoms with Gasteiger partial charge in [0.2, 0.25) is 0 Å². The Kier molecular flexibility index (Phi) is 4.34. The molecular formula is C17H25ClN2O. The SMILES string of the molecule is CC(C)(C)c1cc(C(=O)NC2CCCC2(C)C)cc(Cl)n1. The summed E-state index contributed by atoms with van der Waals surface area (Å²) in [6.07, 6.45) is 3.37. The van der Waals surface area contributed by atoms with E-state index in [2.05, 4.69) is 44.9 Å². The average Bonchev–Trinajstić information content (AvgIpc) is 2.67. The molecule has 1 atom stereocenters. The van der Waals surface area contributed by atoms with Crippen molar-refractivity contribution in [1.29, 1.82) is 0 Å². The van der Waals surface area contributed by atoms with E-state index in [9.17, 15) is 4.79 Å². The number of nitrogens with zero attached hydrogens (tertiary/aromatic N) is 1. The molecule has 1 amide bonds. The van der Waals surface area contributed by atoms with Gasteiger partial charge in [-0.05, 0) is 30.4 Å². The maximum absolute atomic E-state index is 12.5. The van der Waals surface area contributed by atoms with Crippen LogP contribution in [0.1, 0.15) is 69.9 Å². The summed E-state index contributed by atoms with van der Waals surface area (Å²) in [5.41, 5.74) is 1.47. The van der Waals surface area contributed by atoms with Crippen molar-refractivity contribution in [3.05, 3.63) is 28.5 Å². The van der Waals surface area contributed by atoms with E-state index in [1.165, 1.54) is 6.42 Å². The van der Waals surface area contributed by atoms with E-state index in [1.807, 2.05) is 6.07 Å². The summed E-state index contributed by atoms with van der Waals surface area (Å²) in [6.45, 7) is 10.6. The highest BCUT2D eigenvalue weighted by Gasteiger charge is 2.35. The van der Waals surface area contributed by atoms with Crippen LogP contribution >= 0.6 is 11.6 Å². The Hall–Kier alpha value is -1.09. The van der Waals surface area contributed by atoms with Crippen molar-refractivity contribution < 1.29 is 4.79 Å². The molecule has 1 aliphatic carbocycles. The van der Waals surface area contributed by atoms with Gasteiger partial charge in [-0.1, -0.05) is 52.6 Å². The zero-order valence-electron chi connectivity index (χ0n) is 13.6. The first-order chi connectivity index (χ1) is 9.59. The fourth-order valence-electron chi connectivity index (χ4n) is 2.85. The number of carbonyl (C=O) groups excluding carboxylic acids is 1. The number of rotatable bonds is 2. The van der Waals surface area contributed by atoms with Crippen LogP contribution < -0.4 is 5.32 Å². The van der Waals surface area contributed by atoms with Gasteiger partial charge in [0, 0.05) is 22.7 Å². The van der Waals surface area contributed by atoms with Crippen LogP contribution in [0.3, 0.4) is 0 Å². The van der Waals surface area contributed by atoms with Crippen molar-refractivity contribution in [2.75, 3.05) is 0 Å². The van der Waals surface area contributed by atoms with Crippen LogP contribution in [0.15, 0.2) is 12.1 Å². The van der Waals surface area contributed by atoms with Crippen molar-refractivity contribution in [3.63, 3.8) is 0 Å². The molecule has 0 spiro atoms. The lowest BCUT2D eigenvalue weighted by atomic mass is 9.87. The minimum Gasteiger partial charge on any atom is -0.349 e. The van der Waals surface area contributed by atoms with E-state index >= 15 is 0 Å². The van der Waals surface area contributed by atoms with Crippen LogP contribution in [0.25, 0.3) is 0 Å². The van der Waals surface area contributed by atoms with Crippen LogP contribution in [-0.4, -0.2) is 16.9 Å². The maximum Gasteiger partial charge on any atom is 0.251 e. The fraction of sp³-hybridized carbons (Fsp3) is 0.647. The van der Waals surface area contributed by atoms with Gasteiger partial charge < -0.3 is 5.32 Å². The van der Waals surface area contributed by atoms with Crippen LogP contribution in [0.4, 0.5) is 0 Å². The molecule has 3 nitrogen and oxygen atoms in total. The van der Waals surface area contributed by atoms with Crippen LogP contribution in [0.5, 0.6) is 0 Å². The van der Waals surface area contributed by atoms with Gasteiger partial charge in [-0.2, -0.15) is 0 Å². The number of hydrogen-bond acceptors (Lipinski definition) is 2. The smallest absolute Gasteiger partial charge is 0.251 e. The first-order valence-electron chi connectivity index (χ1n) is 7.58. The van der Waals surface area contributed by atoms with Crippen molar-refractivity contribution in [3.8, 4) is 0 Å². The van der Waals surface area contributed by atoms with Gasteiger partial charge in [-0.3, -0.25) is 4.79 Å². The van der Waals surface area contributed by atoms with Gasteiger partial charge in [0.05, 0.1) is 0 Å². The highest BCUT2D eigenvalue weighted by molar-refractivity contribution is 6.29. The van der Waals surface area contributed by atoms with Crippen molar-refractivity contribution in [2.45, 2.75) is 65.3 Å². The second kappa shape index (κ2) is 5.60. The van der Waals surface area contributed by atoms with Gasteiger partial charge in [0.1, 0.15) is 5.15 Å². The zero-order chi connectivity index (χ0) is 15.8. The lowest BCUT2D eigenvalue weighted by Crippen LogP contribution is -2.41. The van der Waals surface area contributed by atoms with E-state index in [0.717, 1.165) is 18.5 Å². The maximum atomic E-state index is 12.5. The number of hydrogen-bond donors (Lipinski definition) is 1. The van der Waals surface area contributed by atoms with E-state index in [0.29, 0.717) is 10.7 Å². The molecule has 1 unspecified atom stereocenters. The number of aromatic nitrogens is 1. The number of carbonyl (C=O) groups is 1. The summed E-state index contributed by atoms with van der Waals surface area (Å²) in [5.74, 6) is -0.0511. The quantitative estimate of drug-likeness (QED) is 0.826. The van der Waals surface area contributed by atoms with Gasteiger partial charge in [0.15, 0.2) is 0 Å². The molecule has 0 aliphatic heterocycles. The first kappa shape index (κ1) is 16.3. The molecule has 0 saturated heterocycles. The molecule has 1 aromatic rings. The number of nitrogens with one attached hydrogen (secondary N) is 1. The summed E-state index contributed by atoms with van der Waals surface area (Å²) in [6, 6.07) is 3.73. The molecule has 116 valence electrons. The van der Waals surface area contributed by atoms with Gasteiger partial charge >= 0.3 is 0 Å². The first-order valence-corrected chi connectivity index (χ1v) is 7.96. The molecule has 0 radical (unpaired) electrons. The van der Waals surface area contributed by atoms with E-state index < -0.39 is 0 Å². The van der Waals surface area contributed by atoms with Crippen LogP contribution in [-0.2, 0) is 5.41 Å². The molecule has 0 aromatic carbocycles. The number of pyridine rings is 1. The highest BCUT2D eigenvalue weighted by Crippen LogP contribution is 2.37. The monoisotopic (exact) mass is 308 g/mol. The molecule has 1 aromatic heterocycles. The molecule has 4 heteroatoms. The van der Waals surface area contributed by atoms with E-state index in [1.54, 1.807) is 6.07 Å². The predicted molar refractivity (Wildman–Crippen MR) is 86.8 cm³/mol. The molecule has 1 fully saturated rings. The van der Waals surface area contributed by atoms with Crippen molar-refractivity contribution in [1.82, 2.24) is 10.3 Å². The second-order valence-electron chi connectivity index (χ2n) is 7.72. The minimum atomic E-state index is -0.132. The molecule has 1 saturated carbocycles. The summed E-state index contributed by atoms with van der Waals surface area (Å²) < 4.78 is 0. The summed E-state index contributed by atoms with van der Waals surface area (Å²) in [4.78, 5) is 16.9. The molecule has 1 N–H and O–H groups in total. The largest absolute Gasteiger partial charge is 0.349 e. The van der Waals surface area contributed by atoms with Crippen LogP contribution in [0.2, 0.25) is 5.15 Å². The second-order valence-corrected chi connectivity index (χ2v) is 8.11.